The van der Waals surface area contributed by atoms with Crippen LogP contribution in [0.15, 0.2) is 49.1 Å². The first-order valence-electron chi connectivity index (χ1n) is 7.24. The van der Waals surface area contributed by atoms with E-state index in [1.165, 1.54) is 17.4 Å². The Morgan fingerprint density at radius 3 is 2.83 bits per heavy atom. The van der Waals surface area contributed by atoms with Crippen molar-refractivity contribution in [3.8, 4) is 11.5 Å². The molecule has 0 saturated heterocycles. The van der Waals surface area contributed by atoms with Gasteiger partial charge in [0, 0.05) is 11.0 Å². The third-order valence-corrected chi connectivity index (χ3v) is 4.27. The van der Waals surface area contributed by atoms with Crippen molar-refractivity contribution in [2.45, 2.75) is 6.54 Å². The van der Waals surface area contributed by atoms with E-state index in [-0.39, 0.29) is 5.91 Å². The van der Waals surface area contributed by atoms with Gasteiger partial charge in [-0.25, -0.2) is 0 Å². The molecule has 1 amide bonds. The lowest BCUT2D eigenvalue weighted by atomic mass is 10.2. The van der Waals surface area contributed by atoms with Gasteiger partial charge in [0.05, 0.1) is 18.0 Å². The molecule has 0 spiro atoms. The first-order valence-corrected chi connectivity index (χ1v) is 8.43. The Bertz CT molecular complexity index is 740. The molecule has 126 valence electrons. The van der Waals surface area contributed by atoms with Crippen LogP contribution in [0.2, 0.25) is 4.34 Å². The van der Waals surface area contributed by atoms with Crippen molar-refractivity contribution in [3.05, 3.63) is 63.8 Å². The van der Waals surface area contributed by atoms with Gasteiger partial charge >= 0.3 is 0 Å². The summed E-state index contributed by atoms with van der Waals surface area (Å²) in [4.78, 5) is 12.9. The van der Waals surface area contributed by atoms with E-state index in [4.69, 9.17) is 21.1 Å². The molecule has 0 aliphatic rings. The normalized spacial score (nSPS) is 10.6. The summed E-state index contributed by atoms with van der Waals surface area (Å²) >= 11 is 7.30. The summed E-state index contributed by atoms with van der Waals surface area (Å²) in [5.41, 5.74) is 0.840. The highest BCUT2D eigenvalue weighted by atomic mass is 35.5. The molecular weight excluding hydrogens is 346 g/mol. The minimum atomic E-state index is -0.175. The molecule has 1 aromatic carbocycles. The number of ether oxygens (including phenoxy) is 2. The first-order chi connectivity index (χ1) is 11.6. The standard InChI is InChI=1S/C18H18ClNO3S/c1-3-10-23-15-7-4-13(11-16(15)22-2)5-9-18(21)20-12-14-6-8-17(19)24-14/h3-9,11H,1,10,12H2,2H3,(H,20,21)/b9-5+. The number of hydrogen-bond donors (Lipinski definition) is 1. The number of amides is 1. The molecule has 0 aliphatic carbocycles. The van der Waals surface area contributed by atoms with Crippen LogP contribution in [0.25, 0.3) is 6.08 Å². The van der Waals surface area contributed by atoms with Crippen LogP contribution in [0.5, 0.6) is 11.5 Å². The summed E-state index contributed by atoms with van der Waals surface area (Å²) in [7, 11) is 1.57. The van der Waals surface area contributed by atoms with Crippen LogP contribution in [0.1, 0.15) is 10.4 Å². The minimum Gasteiger partial charge on any atom is -0.493 e. The number of benzene rings is 1. The molecule has 2 aromatic rings. The summed E-state index contributed by atoms with van der Waals surface area (Å²) in [6, 6.07) is 9.16. The van der Waals surface area contributed by atoms with Crippen molar-refractivity contribution in [1.82, 2.24) is 5.32 Å². The van der Waals surface area contributed by atoms with Gasteiger partial charge in [0.2, 0.25) is 5.91 Å². The topological polar surface area (TPSA) is 47.6 Å². The molecule has 0 aliphatic heterocycles. The van der Waals surface area contributed by atoms with Crippen molar-refractivity contribution >= 4 is 34.9 Å². The predicted molar refractivity (Wildman–Crippen MR) is 98.9 cm³/mol. The highest BCUT2D eigenvalue weighted by Crippen LogP contribution is 2.28. The summed E-state index contributed by atoms with van der Waals surface area (Å²) in [5.74, 6) is 1.06. The molecule has 0 atom stereocenters. The third-order valence-electron chi connectivity index (χ3n) is 3.04. The zero-order valence-corrected chi connectivity index (χ0v) is 14.8. The zero-order valence-electron chi connectivity index (χ0n) is 13.3. The number of carbonyl (C=O) groups excluding carboxylic acids is 1. The zero-order chi connectivity index (χ0) is 17.4. The molecule has 0 fully saturated rings. The Hall–Kier alpha value is -2.24. The Labute approximate surface area is 150 Å². The van der Waals surface area contributed by atoms with E-state index >= 15 is 0 Å². The maximum atomic E-state index is 11.9. The molecular formula is C18H18ClNO3S. The van der Waals surface area contributed by atoms with Crippen LogP contribution in [0, 0.1) is 0 Å². The van der Waals surface area contributed by atoms with Crippen LogP contribution in [0.4, 0.5) is 0 Å². The SMILES string of the molecule is C=CCOc1ccc(/C=C/C(=O)NCc2ccc(Cl)s2)cc1OC. The van der Waals surface area contributed by atoms with E-state index in [0.29, 0.717) is 29.0 Å². The van der Waals surface area contributed by atoms with Crippen LogP contribution in [-0.4, -0.2) is 19.6 Å². The van der Waals surface area contributed by atoms with E-state index < -0.39 is 0 Å². The summed E-state index contributed by atoms with van der Waals surface area (Å²) in [5, 5.41) is 2.81. The number of hydrogen-bond acceptors (Lipinski definition) is 4. The number of nitrogens with one attached hydrogen (secondary N) is 1. The number of carbonyl (C=O) groups is 1. The highest BCUT2D eigenvalue weighted by molar-refractivity contribution is 7.16. The number of thiophene rings is 1. The Balaban J connectivity index is 1.94. The van der Waals surface area contributed by atoms with Crippen molar-refractivity contribution < 1.29 is 14.3 Å². The smallest absolute Gasteiger partial charge is 0.244 e. The molecule has 0 radical (unpaired) electrons. The summed E-state index contributed by atoms with van der Waals surface area (Å²) in [6.45, 7) is 4.47. The molecule has 0 saturated carbocycles. The molecule has 0 unspecified atom stereocenters. The van der Waals surface area contributed by atoms with Gasteiger partial charge in [0.1, 0.15) is 6.61 Å². The van der Waals surface area contributed by atoms with E-state index in [1.807, 2.05) is 18.2 Å². The van der Waals surface area contributed by atoms with Crippen LogP contribution in [-0.2, 0) is 11.3 Å². The van der Waals surface area contributed by atoms with Crippen molar-refractivity contribution in [1.29, 1.82) is 0 Å². The largest absolute Gasteiger partial charge is 0.493 e. The fraction of sp³-hybridized carbons (Fsp3) is 0.167. The van der Waals surface area contributed by atoms with E-state index in [0.717, 1.165) is 10.4 Å². The van der Waals surface area contributed by atoms with Crippen molar-refractivity contribution in [2.24, 2.45) is 0 Å². The average Bonchev–Trinajstić information content (AvgIpc) is 3.02. The molecule has 4 nitrogen and oxygen atoms in total. The second-order valence-electron chi connectivity index (χ2n) is 4.77. The predicted octanol–water partition coefficient (Wildman–Crippen LogP) is 4.30. The van der Waals surface area contributed by atoms with Gasteiger partial charge in [-0.15, -0.1) is 11.3 Å². The maximum absolute atomic E-state index is 11.9. The average molecular weight is 364 g/mol. The van der Waals surface area contributed by atoms with Crippen LogP contribution >= 0.6 is 22.9 Å². The first kappa shape index (κ1) is 18.1. The maximum Gasteiger partial charge on any atom is 0.244 e. The van der Waals surface area contributed by atoms with Crippen LogP contribution in [0.3, 0.4) is 0 Å². The second kappa shape index (κ2) is 9.15. The van der Waals surface area contributed by atoms with Gasteiger partial charge in [0.25, 0.3) is 0 Å². The fourth-order valence-electron chi connectivity index (χ4n) is 1.91. The Morgan fingerprint density at radius 1 is 1.33 bits per heavy atom. The lowest BCUT2D eigenvalue weighted by molar-refractivity contribution is -0.116. The third kappa shape index (κ3) is 5.44. The van der Waals surface area contributed by atoms with E-state index in [9.17, 15) is 4.79 Å². The Kier molecular flexibility index (Phi) is 6.90. The molecule has 24 heavy (non-hydrogen) atoms. The number of halogens is 1. The van der Waals surface area contributed by atoms with Gasteiger partial charge in [-0.2, -0.15) is 0 Å². The summed E-state index contributed by atoms with van der Waals surface area (Å²) < 4.78 is 11.5. The van der Waals surface area contributed by atoms with E-state index in [1.54, 1.807) is 31.4 Å². The number of methoxy groups -OCH3 is 1. The molecule has 2 rings (SSSR count). The Morgan fingerprint density at radius 2 is 2.17 bits per heavy atom. The molecule has 1 heterocycles. The second-order valence-corrected chi connectivity index (χ2v) is 6.57. The minimum absolute atomic E-state index is 0.175. The molecule has 0 bridgehead atoms. The number of rotatable bonds is 8. The fourth-order valence-corrected chi connectivity index (χ4v) is 2.93. The van der Waals surface area contributed by atoms with Gasteiger partial charge in [-0.05, 0) is 35.9 Å². The molecule has 1 N–H and O–H groups in total. The molecule has 1 aromatic heterocycles. The van der Waals surface area contributed by atoms with Crippen LogP contribution < -0.4 is 14.8 Å². The van der Waals surface area contributed by atoms with Crippen molar-refractivity contribution in [3.63, 3.8) is 0 Å². The monoisotopic (exact) mass is 363 g/mol. The van der Waals surface area contributed by atoms with Crippen molar-refractivity contribution in [2.75, 3.05) is 13.7 Å². The van der Waals surface area contributed by atoms with E-state index in [2.05, 4.69) is 11.9 Å². The lowest BCUT2D eigenvalue weighted by Crippen LogP contribution is -2.19. The van der Waals surface area contributed by atoms with Gasteiger partial charge in [0.15, 0.2) is 11.5 Å². The lowest BCUT2D eigenvalue weighted by Gasteiger charge is -2.09. The highest BCUT2D eigenvalue weighted by Gasteiger charge is 2.05. The van der Waals surface area contributed by atoms with Gasteiger partial charge in [-0.3, -0.25) is 4.79 Å². The quantitative estimate of drug-likeness (QED) is 0.561. The van der Waals surface area contributed by atoms with Gasteiger partial charge < -0.3 is 14.8 Å². The van der Waals surface area contributed by atoms with Gasteiger partial charge in [-0.1, -0.05) is 30.3 Å². The summed E-state index contributed by atoms with van der Waals surface area (Å²) in [6.07, 6.45) is 4.86. The molecule has 6 heteroatoms.